The minimum absolute atomic E-state index is 0.127. The summed E-state index contributed by atoms with van der Waals surface area (Å²) in [5.41, 5.74) is 3.41. The maximum atomic E-state index is 12.9. The summed E-state index contributed by atoms with van der Waals surface area (Å²) in [5, 5.41) is 8.89. The normalized spacial score (nSPS) is 16.1. The minimum Gasteiger partial charge on any atom is -0.497 e. The molecule has 6 nitrogen and oxygen atoms in total. The summed E-state index contributed by atoms with van der Waals surface area (Å²) in [4.78, 5) is 17.6. The van der Waals surface area contributed by atoms with E-state index in [1.165, 1.54) is 0 Å². The van der Waals surface area contributed by atoms with E-state index in [-0.39, 0.29) is 11.7 Å². The number of nitrogens with zero attached hydrogens (tertiary/aromatic N) is 3. The van der Waals surface area contributed by atoms with E-state index in [9.17, 15) is 4.79 Å². The van der Waals surface area contributed by atoms with E-state index in [0.717, 1.165) is 38.9 Å². The van der Waals surface area contributed by atoms with Gasteiger partial charge in [0.25, 0.3) is 0 Å². The Hall–Kier alpha value is -3.19. The maximum absolute atomic E-state index is 12.9. The number of carbonyl (C=O) groups excluding carboxylic acids is 1. The molecule has 0 bridgehead atoms. The minimum atomic E-state index is 0.127. The van der Waals surface area contributed by atoms with Crippen LogP contribution in [-0.2, 0) is 6.42 Å². The summed E-state index contributed by atoms with van der Waals surface area (Å²) in [7, 11) is 1.64. The third-order valence-electron chi connectivity index (χ3n) is 5.15. The van der Waals surface area contributed by atoms with Gasteiger partial charge in [0.05, 0.1) is 28.6 Å². The first kappa shape index (κ1) is 17.9. The second-order valence-electron chi connectivity index (χ2n) is 7.34. The van der Waals surface area contributed by atoms with Gasteiger partial charge in [-0.2, -0.15) is 0 Å². The molecule has 1 aliphatic rings. The highest BCUT2D eigenvalue weighted by molar-refractivity contribution is 7.20. The Morgan fingerprint density at radius 1 is 1.14 bits per heavy atom. The van der Waals surface area contributed by atoms with E-state index in [2.05, 4.69) is 18.3 Å². The van der Waals surface area contributed by atoms with Gasteiger partial charge in [-0.05, 0) is 48.7 Å². The van der Waals surface area contributed by atoms with Crippen LogP contribution in [0.5, 0.6) is 5.75 Å². The largest absolute Gasteiger partial charge is 0.497 e. The summed E-state index contributed by atoms with van der Waals surface area (Å²) in [6.45, 7) is 2.10. The van der Waals surface area contributed by atoms with Crippen molar-refractivity contribution in [2.24, 2.45) is 5.92 Å². The Labute approximate surface area is 172 Å². The number of rotatable bonds is 4. The van der Waals surface area contributed by atoms with E-state index >= 15 is 0 Å². The van der Waals surface area contributed by atoms with Crippen LogP contribution < -0.4 is 10.1 Å². The maximum Gasteiger partial charge on any atom is 0.211 e. The molecule has 0 saturated heterocycles. The number of hydrogen-bond acceptors (Lipinski definition) is 6. The van der Waals surface area contributed by atoms with Gasteiger partial charge in [0, 0.05) is 12.1 Å². The predicted molar refractivity (Wildman–Crippen MR) is 115 cm³/mol. The SMILES string of the molecule is COc1ccc(Nc2nn(-c3nc4ccccc4s3)c3c2C(=O)C[C@@H](C)C3)cc1. The van der Waals surface area contributed by atoms with Gasteiger partial charge in [-0.3, -0.25) is 4.79 Å². The van der Waals surface area contributed by atoms with Gasteiger partial charge in [-0.15, -0.1) is 5.10 Å². The lowest BCUT2D eigenvalue weighted by molar-refractivity contribution is 0.0953. The second-order valence-corrected chi connectivity index (χ2v) is 8.35. The first-order valence-corrected chi connectivity index (χ1v) is 10.4. The van der Waals surface area contributed by atoms with Gasteiger partial charge in [0.2, 0.25) is 5.13 Å². The van der Waals surface area contributed by atoms with Crippen LogP contribution in [0.3, 0.4) is 0 Å². The highest BCUT2D eigenvalue weighted by atomic mass is 32.1. The van der Waals surface area contributed by atoms with Crippen molar-refractivity contribution in [3.8, 4) is 10.9 Å². The molecule has 1 aliphatic carbocycles. The van der Waals surface area contributed by atoms with Crippen molar-refractivity contribution in [2.45, 2.75) is 19.8 Å². The summed E-state index contributed by atoms with van der Waals surface area (Å²) < 4.78 is 8.17. The number of nitrogens with one attached hydrogen (secondary N) is 1. The van der Waals surface area contributed by atoms with Crippen molar-refractivity contribution in [2.75, 3.05) is 12.4 Å². The molecule has 0 radical (unpaired) electrons. The highest BCUT2D eigenvalue weighted by Gasteiger charge is 2.31. The molecule has 7 heteroatoms. The first-order chi connectivity index (χ1) is 14.1. The van der Waals surface area contributed by atoms with E-state index in [1.807, 2.05) is 47.1 Å². The molecule has 29 heavy (non-hydrogen) atoms. The molecule has 0 saturated carbocycles. The number of hydrogen-bond donors (Lipinski definition) is 1. The van der Waals surface area contributed by atoms with Crippen LogP contribution in [0.2, 0.25) is 0 Å². The smallest absolute Gasteiger partial charge is 0.211 e. The van der Waals surface area contributed by atoms with Crippen LogP contribution >= 0.6 is 11.3 Å². The Morgan fingerprint density at radius 3 is 2.69 bits per heavy atom. The molecular weight excluding hydrogens is 384 g/mol. The fourth-order valence-corrected chi connectivity index (χ4v) is 4.71. The number of Topliss-reactive ketones (excluding diaryl/α,β-unsaturated/α-hetero) is 1. The Kier molecular flexibility index (Phi) is 4.32. The molecule has 146 valence electrons. The number of methoxy groups -OCH3 is 1. The lowest BCUT2D eigenvalue weighted by Crippen LogP contribution is -2.19. The van der Waals surface area contributed by atoms with E-state index < -0.39 is 0 Å². The quantitative estimate of drug-likeness (QED) is 0.518. The van der Waals surface area contributed by atoms with Gasteiger partial charge in [-0.1, -0.05) is 30.4 Å². The zero-order valence-electron chi connectivity index (χ0n) is 16.2. The number of aromatic nitrogens is 3. The molecule has 2 heterocycles. The summed E-state index contributed by atoms with van der Waals surface area (Å²) >= 11 is 1.58. The van der Waals surface area contributed by atoms with Crippen LogP contribution in [0.4, 0.5) is 11.5 Å². The molecular formula is C22H20N4O2S. The highest BCUT2D eigenvalue weighted by Crippen LogP contribution is 2.35. The molecule has 4 aromatic rings. The third-order valence-corrected chi connectivity index (χ3v) is 6.16. The van der Waals surface area contributed by atoms with Crippen LogP contribution in [0.15, 0.2) is 48.5 Å². The lowest BCUT2D eigenvalue weighted by atomic mass is 9.88. The number of ether oxygens (including phenoxy) is 1. The number of anilines is 2. The van der Waals surface area contributed by atoms with Crippen molar-refractivity contribution in [1.29, 1.82) is 0 Å². The Balaban J connectivity index is 1.61. The second kappa shape index (κ2) is 7.00. The van der Waals surface area contributed by atoms with Gasteiger partial charge in [-0.25, -0.2) is 9.67 Å². The van der Waals surface area contributed by atoms with Crippen LogP contribution in [-0.4, -0.2) is 27.7 Å². The van der Waals surface area contributed by atoms with Crippen molar-refractivity contribution < 1.29 is 9.53 Å². The zero-order valence-corrected chi connectivity index (χ0v) is 17.0. The topological polar surface area (TPSA) is 69.0 Å². The average molecular weight is 404 g/mol. The lowest BCUT2D eigenvalue weighted by Gasteiger charge is -2.18. The summed E-state index contributed by atoms with van der Waals surface area (Å²) in [5.74, 6) is 1.78. The van der Waals surface area contributed by atoms with Crippen LogP contribution in [0, 0.1) is 5.92 Å². The van der Waals surface area contributed by atoms with Crippen LogP contribution in [0.25, 0.3) is 15.3 Å². The molecule has 0 amide bonds. The molecule has 0 aliphatic heterocycles. The third kappa shape index (κ3) is 3.17. The molecule has 1 atom stereocenters. The van der Waals surface area contributed by atoms with Crippen molar-refractivity contribution in [3.05, 3.63) is 59.8 Å². The Bertz CT molecular complexity index is 1180. The van der Waals surface area contributed by atoms with E-state index in [4.69, 9.17) is 14.8 Å². The van der Waals surface area contributed by atoms with Crippen molar-refractivity contribution >= 4 is 38.8 Å². The number of carbonyl (C=O) groups is 1. The number of para-hydroxylation sites is 1. The molecule has 2 aromatic heterocycles. The van der Waals surface area contributed by atoms with Crippen molar-refractivity contribution in [3.63, 3.8) is 0 Å². The van der Waals surface area contributed by atoms with Gasteiger partial charge >= 0.3 is 0 Å². The number of fused-ring (bicyclic) bond motifs is 2. The van der Waals surface area contributed by atoms with E-state index in [0.29, 0.717) is 17.8 Å². The van der Waals surface area contributed by atoms with Gasteiger partial charge in [0.1, 0.15) is 5.75 Å². The van der Waals surface area contributed by atoms with Gasteiger partial charge in [0.15, 0.2) is 11.6 Å². The predicted octanol–water partition coefficient (Wildman–Crippen LogP) is 5.00. The van der Waals surface area contributed by atoms with Crippen LogP contribution in [0.1, 0.15) is 29.4 Å². The van der Waals surface area contributed by atoms with E-state index in [1.54, 1.807) is 18.4 Å². The van der Waals surface area contributed by atoms with Gasteiger partial charge < -0.3 is 10.1 Å². The Morgan fingerprint density at radius 2 is 1.93 bits per heavy atom. The fraction of sp³-hybridized carbons (Fsp3) is 0.227. The molecule has 0 unspecified atom stereocenters. The monoisotopic (exact) mass is 404 g/mol. The fourth-order valence-electron chi connectivity index (χ4n) is 3.76. The summed E-state index contributed by atoms with van der Waals surface area (Å²) in [6.07, 6.45) is 1.34. The molecule has 0 spiro atoms. The van der Waals surface area contributed by atoms with Crippen molar-refractivity contribution in [1.82, 2.24) is 14.8 Å². The summed E-state index contributed by atoms with van der Waals surface area (Å²) in [6, 6.07) is 15.6. The molecule has 0 fully saturated rings. The molecule has 5 rings (SSSR count). The molecule has 1 N–H and O–H groups in total. The number of ketones is 1. The number of benzene rings is 2. The average Bonchev–Trinajstić information content (AvgIpc) is 3.30. The number of thiazole rings is 1. The zero-order chi connectivity index (χ0) is 20.0. The standard InChI is InChI=1S/C22H20N4O2S/c1-13-11-17-20(18(27)12-13)21(23-14-7-9-15(28-2)10-8-14)25-26(17)22-24-16-5-3-4-6-19(16)29-22/h3-10,13H,11-12H2,1-2H3,(H,23,25)/t13-/m0/s1. The first-order valence-electron chi connectivity index (χ1n) is 9.54. The molecule has 2 aromatic carbocycles.